The molecule has 0 saturated heterocycles. The maximum Gasteiger partial charge on any atom is 0.125 e. The Kier molecular flexibility index (Phi) is 3.40. The zero-order valence-electron chi connectivity index (χ0n) is 13.2. The molecule has 4 heteroatoms. The average molecular weight is 285 g/mol. The second kappa shape index (κ2) is 5.10. The molecule has 0 atom stereocenters. The fourth-order valence-corrected chi connectivity index (χ4v) is 2.53. The van der Waals surface area contributed by atoms with Crippen molar-refractivity contribution in [2.45, 2.75) is 46.1 Å². The van der Waals surface area contributed by atoms with Crippen LogP contribution in [0.2, 0.25) is 0 Å². The van der Waals surface area contributed by atoms with Gasteiger partial charge in [0.15, 0.2) is 0 Å². The third-order valence-electron chi connectivity index (χ3n) is 3.92. The molecular formula is C17H23N3O. The number of aromatic amines is 1. The van der Waals surface area contributed by atoms with E-state index in [2.05, 4.69) is 55.1 Å². The molecule has 0 bridgehead atoms. The molecule has 0 fully saturated rings. The molecule has 0 spiro atoms. The summed E-state index contributed by atoms with van der Waals surface area (Å²) in [5, 5.41) is 3.47. The largest absolute Gasteiger partial charge is 0.493 e. The minimum Gasteiger partial charge on any atom is -0.493 e. The summed E-state index contributed by atoms with van der Waals surface area (Å²) in [7, 11) is 0. The van der Waals surface area contributed by atoms with E-state index in [1.807, 2.05) is 6.20 Å². The van der Waals surface area contributed by atoms with Crippen molar-refractivity contribution in [3.63, 3.8) is 0 Å². The number of nitrogens with zero attached hydrogens (tertiary/aromatic N) is 1. The minimum atomic E-state index is 0.103. The normalized spacial score (nSPS) is 13.9. The van der Waals surface area contributed by atoms with E-state index in [0.717, 1.165) is 30.3 Å². The lowest BCUT2D eigenvalue weighted by molar-refractivity contribution is 0.356. The Morgan fingerprint density at radius 3 is 2.86 bits per heavy atom. The van der Waals surface area contributed by atoms with Crippen molar-refractivity contribution in [3.05, 3.63) is 41.0 Å². The summed E-state index contributed by atoms with van der Waals surface area (Å²) >= 11 is 0. The van der Waals surface area contributed by atoms with Crippen LogP contribution in [0.3, 0.4) is 0 Å². The van der Waals surface area contributed by atoms with E-state index in [-0.39, 0.29) is 5.41 Å². The van der Waals surface area contributed by atoms with Gasteiger partial charge in [0, 0.05) is 29.4 Å². The predicted molar refractivity (Wildman–Crippen MR) is 85.0 cm³/mol. The lowest BCUT2D eigenvalue weighted by Crippen LogP contribution is -2.12. The average Bonchev–Trinajstić information content (AvgIpc) is 3.03. The number of imidazole rings is 1. The number of hydrogen-bond acceptors (Lipinski definition) is 3. The van der Waals surface area contributed by atoms with Crippen LogP contribution in [0.1, 0.15) is 43.4 Å². The highest BCUT2D eigenvalue weighted by atomic mass is 16.5. The number of rotatable bonds is 3. The molecule has 21 heavy (non-hydrogen) atoms. The number of nitrogens with one attached hydrogen (secondary N) is 2. The topological polar surface area (TPSA) is 49.9 Å². The lowest BCUT2D eigenvalue weighted by Gasteiger charge is -2.15. The number of H-pyrrole nitrogens is 1. The van der Waals surface area contributed by atoms with Crippen LogP contribution in [0.25, 0.3) is 0 Å². The fraction of sp³-hybridized carbons (Fsp3) is 0.471. The van der Waals surface area contributed by atoms with Crippen LogP contribution in [0.15, 0.2) is 18.3 Å². The summed E-state index contributed by atoms with van der Waals surface area (Å²) in [6.07, 6.45) is 2.93. The highest BCUT2D eigenvalue weighted by molar-refractivity contribution is 5.58. The van der Waals surface area contributed by atoms with Gasteiger partial charge < -0.3 is 15.0 Å². The Morgan fingerprint density at radius 1 is 1.33 bits per heavy atom. The first-order valence-corrected chi connectivity index (χ1v) is 7.48. The zero-order valence-corrected chi connectivity index (χ0v) is 13.2. The van der Waals surface area contributed by atoms with E-state index in [9.17, 15) is 0 Å². The second-order valence-electron chi connectivity index (χ2n) is 6.72. The number of benzene rings is 1. The lowest BCUT2D eigenvalue weighted by atomic mass is 9.93. The maximum atomic E-state index is 5.59. The van der Waals surface area contributed by atoms with Gasteiger partial charge in [-0.15, -0.1) is 0 Å². The van der Waals surface area contributed by atoms with Gasteiger partial charge in [-0.2, -0.15) is 0 Å². The van der Waals surface area contributed by atoms with Gasteiger partial charge in [-0.25, -0.2) is 4.98 Å². The smallest absolute Gasteiger partial charge is 0.125 e. The molecule has 1 aromatic carbocycles. The Bertz CT molecular complexity index is 653. The summed E-state index contributed by atoms with van der Waals surface area (Å²) < 4.78 is 5.59. The van der Waals surface area contributed by atoms with Gasteiger partial charge in [-0.1, -0.05) is 20.8 Å². The zero-order chi connectivity index (χ0) is 15.0. The number of aryl methyl sites for hydroxylation is 1. The Hall–Kier alpha value is -1.97. The molecule has 3 rings (SSSR count). The summed E-state index contributed by atoms with van der Waals surface area (Å²) in [5.74, 6) is 2.00. The Balaban J connectivity index is 1.72. The molecule has 0 radical (unpaired) electrons. The van der Waals surface area contributed by atoms with Crippen molar-refractivity contribution in [3.8, 4) is 5.75 Å². The Morgan fingerprint density at radius 2 is 2.14 bits per heavy atom. The van der Waals surface area contributed by atoms with Crippen molar-refractivity contribution in [1.29, 1.82) is 0 Å². The summed E-state index contributed by atoms with van der Waals surface area (Å²) in [6, 6.07) is 4.32. The van der Waals surface area contributed by atoms with Crippen LogP contribution in [0.5, 0.6) is 5.75 Å². The van der Waals surface area contributed by atoms with Gasteiger partial charge in [-0.05, 0) is 30.2 Å². The summed E-state index contributed by atoms with van der Waals surface area (Å²) in [4.78, 5) is 7.85. The van der Waals surface area contributed by atoms with E-state index in [4.69, 9.17) is 4.74 Å². The maximum absolute atomic E-state index is 5.59. The first-order valence-electron chi connectivity index (χ1n) is 7.48. The van der Waals surface area contributed by atoms with Crippen molar-refractivity contribution in [1.82, 2.24) is 9.97 Å². The highest BCUT2D eigenvalue weighted by Gasteiger charge is 2.17. The monoisotopic (exact) mass is 285 g/mol. The predicted octanol–water partition coefficient (Wildman–Crippen LogP) is 3.56. The van der Waals surface area contributed by atoms with Crippen LogP contribution in [0.4, 0.5) is 5.69 Å². The number of aromatic nitrogens is 2. The molecule has 2 aromatic rings. The summed E-state index contributed by atoms with van der Waals surface area (Å²) in [5.41, 5.74) is 4.93. The molecule has 0 saturated carbocycles. The van der Waals surface area contributed by atoms with E-state index < -0.39 is 0 Å². The highest BCUT2D eigenvalue weighted by Crippen LogP contribution is 2.31. The molecule has 2 N–H and O–H groups in total. The number of ether oxygens (including phenoxy) is 1. The minimum absolute atomic E-state index is 0.103. The standard InChI is InChI=1S/C17H23N3O/c1-11-7-14-12(5-6-21-14)8-13(11)18-10-16-19-9-15(20-16)17(2,3)4/h7-9,18H,5-6,10H2,1-4H3,(H,19,20). The van der Waals surface area contributed by atoms with Gasteiger partial charge >= 0.3 is 0 Å². The van der Waals surface area contributed by atoms with Crippen molar-refractivity contribution < 1.29 is 4.74 Å². The van der Waals surface area contributed by atoms with Crippen molar-refractivity contribution in [2.75, 3.05) is 11.9 Å². The Labute approximate surface area is 125 Å². The van der Waals surface area contributed by atoms with Gasteiger partial charge in [0.2, 0.25) is 0 Å². The second-order valence-corrected chi connectivity index (χ2v) is 6.72. The molecule has 1 aliphatic rings. The van der Waals surface area contributed by atoms with Crippen LogP contribution in [-0.4, -0.2) is 16.6 Å². The van der Waals surface area contributed by atoms with Crippen LogP contribution in [-0.2, 0) is 18.4 Å². The quantitative estimate of drug-likeness (QED) is 0.906. The van der Waals surface area contributed by atoms with Gasteiger partial charge in [0.1, 0.15) is 11.6 Å². The van der Waals surface area contributed by atoms with E-state index in [1.54, 1.807) is 0 Å². The van der Waals surface area contributed by atoms with E-state index in [0.29, 0.717) is 6.54 Å². The molecule has 1 aliphatic heterocycles. The molecule has 4 nitrogen and oxygen atoms in total. The van der Waals surface area contributed by atoms with Gasteiger partial charge in [-0.3, -0.25) is 0 Å². The molecule has 112 valence electrons. The van der Waals surface area contributed by atoms with Crippen LogP contribution < -0.4 is 10.1 Å². The first-order chi connectivity index (χ1) is 9.93. The molecule has 0 unspecified atom stereocenters. The van der Waals surface area contributed by atoms with Crippen molar-refractivity contribution >= 4 is 5.69 Å². The summed E-state index contributed by atoms with van der Waals surface area (Å²) in [6.45, 7) is 10.2. The number of anilines is 1. The molecule has 0 aliphatic carbocycles. The number of fused-ring (bicyclic) bond motifs is 1. The molecule has 1 aromatic heterocycles. The van der Waals surface area contributed by atoms with Crippen molar-refractivity contribution in [2.24, 2.45) is 0 Å². The first kappa shape index (κ1) is 14.0. The van der Waals surface area contributed by atoms with Gasteiger partial charge in [0.05, 0.1) is 13.2 Å². The van der Waals surface area contributed by atoms with E-state index in [1.165, 1.54) is 16.8 Å². The van der Waals surface area contributed by atoms with Crippen LogP contribution in [0, 0.1) is 6.92 Å². The molecule has 0 amide bonds. The number of hydrogen-bond donors (Lipinski definition) is 2. The SMILES string of the molecule is Cc1cc2c(cc1NCc1ncc(C(C)(C)C)[nH]1)CCO2. The molecular weight excluding hydrogens is 262 g/mol. The molecule has 2 heterocycles. The fourth-order valence-electron chi connectivity index (χ4n) is 2.53. The van der Waals surface area contributed by atoms with Gasteiger partial charge in [0.25, 0.3) is 0 Å². The van der Waals surface area contributed by atoms with E-state index >= 15 is 0 Å². The third kappa shape index (κ3) is 2.89. The van der Waals surface area contributed by atoms with Crippen LogP contribution >= 0.6 is 0 Å². The third-order valence-corrected chi connectivity index (χ3v) is 3.92.